The van der Waals surface area contributed by atoms with Crippen LogP contribution in [0.15, 0.2) is 36.4 Å². The first-order valence-corrected chi connectivity index (χ1v) is 9.40. The molecule has 0 saturated heterocycles. The van der Waals surface area contributed by atoms with E-state index in [-0.39, 0.29) is 16.9 Å². The summed E-state index contributed by atoms with van der Waals surface area (Å²) >= 11 is 0. The molecule has 0 fully saturated rings. The maximum Gasteiger partial charge on any atom is 0.338 e. The van der Waals surface area contributed by atoms with Crippen molar-refractivity contribution in [3.63, 3.8) is 0 Å². The molecule has 0 aromatic heterocycles. The quantitative estimate of drug-likeness (QED) is 0.247. The predicted molar refractivity (Wildman–Crippen MR) is 109 cm³/mol. The number of carboxylic acids is 1. The molecule has 2 aromatic carbocycles. The van der Waals surface area contributed by atoms with Gasteiger partial charge in [-0.25, -0.2) is 9.59 Å². The number of nitrogens with zero attached hydrogens (tertiary/aromatic N) is 1. The average molecular weight is 400 g/mol. The van der Waals surface area contributed by atoms with E-state index < -0.39 is 16.9 Å². The number of hydrogen-bond acceptors (Lipinski definition) is 6. The maximum atomic E-state index is 12.1. The van der Waals surface area contributed by atoms with Crippen molar-refractivity contribution in [2.24, 2.45) is 0 Å². The van der Waals surface area contributed by atoms with E-state index in [1.165, 1.54) is 6.07 Å². The fourth-order valence-corrected chi connectivity index (χ4v) is 2.81. The molecule has 0 aliphatic heterocycles. The van der Waals surface area contributed by atoms with Crippen molar-refractivity contribution in [2.45, 2.75) is 39.5 Å². The van der Waals surface area contributed by atoms with Crippen molar-refractivity contribution in [1.82, 2.24) is 0 Å². The number of aryl methyl sites for hydroxylation is 1. The molecule has 0 saturated carbocycles. The monoisotopic (exact) mass is 400 g/mol. The average Bonchev–Trinajstić information content (AvgIpc) is 2.69. The summed E-state index contributed by atoms with van der Waals surface area (Å²) in [5.74, 6) is -1.65. The van der Waals surface area contributed by atoms with Gasteiger partial charge >= 0.3 is 11.9 Å². The molecular formula is C21H24N2O6. The minimum absolute atomic E-state index is 0.156. The molecule has 0 unspecified atom stereocenters. The normalized spacial score (nSPS) is 10.4. The minimum atomic E-state index is -1.24. The number of anilines is 2. The number of nitro groups is 1. The van der Waals surface area contributed by atoms with Gasteiger partial charge < -0.3 is 15.2 Å². The van der Waals surface area contributed by atoms with Crippen molar-refractivity contribution in [2.75, 3.05) is 11.9 Å². The molecule has 8 nitrogen and oxygen atoms in total. The fourth-order valence-electron chi connectivity index (χ4n) is 2.81. The Bertz CT molecular complexity index is 893. The van der Waals surface area contributed by atoms with Crippen molar-refractivity contribution in [1.29, 1.82) is 0 Å². The Labute approximate surface area is 168 Å². The smallest absolute Gasteiger partial charge is 0.338 e. The van der Waals surface area contributed by atoms with E-state index in [4.69, 9.17) is 9.84 Å². The lowest BCUT2D eigenvalue weighted by Gasteiger charge is -2.12. The molecular weight excluding hydrogens is 376 g/mol. The van der Waals surface area contributed by atoms with Crippen LogP contribution in [0.1, 0.15) is 58.9 Å². The number of carbonyl (C=O) groups excluding carboxylic acids is 1. The lowest BCUT2D eigenvalue weighted by molar-refractivity contribution is -0.384. The van der Waals surface area contributed by atoms with Crippen molar-refractivity contribution >= 4 is 29.0 Å². The van der Waals surface area contributed by atoms with Gasteiger partial charge in [-0.3, -0.25) is 10.1 Å². The zero-order chi connectivity index (χ0) is 21.4. The van der Waals surface area contributed by atoms with Crippen LogP contribution in [0.3, 0.4) is 0 Å². The Hall–Kier alpha value is -3.42. The summed E-state index contributed by atoms with van der Waals surface area (Å²) < 4.78 is 5.23. The van der Waals surface area contributed by atoms with Crippen LogP contribution < -0.4 is 5.32 Å². The number of esters is 1. The van der Waals surface area contributed by atoms with E-state index in [1.54, 1.807) is 31.2 Å². The van der Waals surface area contributed by atoms with Crippen LogP contribution in [0.4, 0.5) is 17.1 Å². The maximum absolute atomic E-state index is 12.1. The number of nitro benzene ring substituents is 1. The second-order valence-electron chi connectivity index (χ2n) is 6.65. The largest absolute Gasteiger partial charge is 0.478 e. The Balaban J connectivity index is 2.11. The van der Waals surface area contributed by atoms with Crippen molar-refractivity contribution in [3.05, 3.63) is 63.2 Å². The molecule has 2 N–H and O–H groups in total. The van der Waals surface area contributed by atoms with Gasteiger partial charge in [0.15, 0.2) is 0 Å². The van der Waals surface area contributed by atoms with E-state index in [0.29, 0.717) is 23.4 Å². The first-order chi connectivity index (χ1) is 13.8. The van der Waals surface area contributed by atoms with Gasteiger partial charge in [-0.2, -0.15) is 0 Å². The third-order valence-corrected chi connectivity index (χ3v) is 4.38. The Morgan fingerprint density at radius 3 is 2.38 bits per heavy atom. The van der Waals surface area contributed by atoms with Crippen molar-refractivity contribution < 1.29 is 24.4 Å². The Morgan fingerprint density at radius 1 is 1.10 bits per heavy atom. The number of rotatable bonds is 10. The standard InChI is InChI=1S/C21H24N2O6/c1-3-4-5-6-11-29-21(26)15-7-9-17(10-8-15)22-19-14(2)12-16(20(24)25)13-18(19)23(27)28/h7-10,12-13,22H,3-6,11H2,1-2H3,(H,24,25). The van der Waals surface area contributed by atoms with Crippen molar-refractivity contribution in [3.8, 4) is 0 Å². The molecule has 0 bridgehead atoms. The van der Waals surface area contributed by atoms with E-state index in [0.717, 1.165) is 31.7 Å². The molecule has 0 aliphatic rings. The lowest BCUT2D eigenvalue weighted by Crippen LogP contribution is -2.07. The zero-order valence-electron chi connectivity index (χ0n) is 16.4. The number of benzene rings is 2. The summed E-state index contributed by atoms with van der Waals surface area (Å²) in [5, 5.41) is 23.4. The number of unbranched alkanes of at least 4 members (excludes halogenated alkanes) is 3. The molecule has 0 radical (unpaired) electrons. The highest BCUT2D eigenvalue weighted by atomic mass is 16.6. The lowest BCUT2D eigenvalue weighted by atomic mass is 10.1. The van der Waals surface area contributed by atoms with Crippen LogP contribution >= 0.6 is 0 Å². The number of ether oxygens (including phenoxy) is 1. The Morgan fingerprint density at radius 2 is 1.79 bits per heavy atom. The highest BCUT2D eigenvalue weighted by Crippen LogP contribution is 2.32. The van der Waals surface area contributed by atoms with E-state index in [1.807, 2.05) is 0 Å². The van der Waals surface area contributed by atoms with Gasteiger partial charge in [0.25, 0.3) is 5.69 Å². The molecule has 0 heterocycles. The summed E-state index contributed by atoms with van der Waals surface area (Å²) in [5.41, 5.74) is 1.05. The molecule has 0 atom stereocenters. The highest BCUT2D eigenvalue weighted by molar-refractivity contribution is 5.92. The molecule has 2 aromatic rings. The fraction of sp³-hybridized carbons (Fsp3) is 0.333. The zero-order valence-corrected chi connectivity index (χ0v) is 16.4. The van der Waals surface area contributed by atoms with Crippen LogP contribution in [0.5, 0.6) is 0 Å². The number of aromatic carboxylic acids is 1. The van der Waals surface area contributed by atoms with Gasteiger partial charge in [0, 0.05) is 11.8 Å². The van der Waals surface area contributed by atoms with E-state index in [2.05, 4.69) is 12.2 Å². The van der Waals surface area contributed by atoms with Gasteiger partial charge in [0.05, 0.1) is 22.7 Å². The summed E-state index contributed by atoms with van der Waals surface area (Å²) in [6, 6.07) is 8.75. The summed E-state index contributed by atoms with van der Waals surface area (Å²) in [7, 11) is 0. The number of nitrogens with one attached hydrogen (secondary N) is 1. The summed E-state index contributed by atoms with van der Waals surface area (Å²) in [4.78, 5) is 33.9. The van der Waals surface area contributed by atoms with Crippen LogP contribution in [0.25, 0.3) is 0 Å². The summed E-state index contributed by atoms with van der Waals surface area (Å²) in [6.07, 6.45) is 4.07. The van der Waals surface area contributed by atoms with Gasteiger partial charge in [0.1, 0.15) is 5.69 Å². The van der Waals surface area contributed by atoms with E-state index in [9.17, 15) is 19.7 Å². The van der Waals surface area contributed by atoms with Gasteiger partial charge in [-0.05, 0) is 49.2 Å². The second kappa shape index (κ2) is 10.2. The first-order valence-electron chi connectivity index (χ1n) is 9.40. The first kappa shape index (κ1) is 21.9. The van der Waals surface area contributed by atoms with E-state index >= 15 is 0 Å². The van der Waals surface area contributed by atoms with Gasteiger partial charge in [-0.1, -0.05) is 26.2 Å². The number of hydrogen-bond donors (Lipinski definition) is 2. The molecule has 2 rings (SSSR count). The van der Waals surface area contributed by atoms with Crippen LogP contribution in [-0.2, 0) is 4.74 Å². The Kier molecular flexibility index (Phi) is 7.70. The number of carboxylic acid groups (broad SMARTS) is 1. The molecule has 8 heteroatoms. The highest BCUT2D eigenvalue weighted by Gasteiger charge is 2.20. The molecule has 0 amide bonds. The van der Waals surface area contributed by atoms with Gasteiger partial charge in [0.2, 0.25) is 0 Å². The molecule has 154 valence electrons. The molecule has 0 spiro atoms. The van der Waals surface area contributed by atoms with Crippen LogP contribution in [0.2, 0.25) is 0 Å². The predicted octanol–water partition coefficient (Wildman–Crippen LogP) is 5.08. The minimum Gasteiger partial charge on any atom is -0.478 e. The third kappa shape index (κ3) is 6.03. The van der Waals surface area contributed by atoms with Gasteiger partial charge in [-0.15, -0.1) is 0 Å². The third-order valence-electron chi connectivity index (χ3n) is 4.38. The summed E-state index contributed by atoms with van der Waals surface area (Å²) in [6.45, 7) is 4.07. The van der Waals surface area contributed by atoms with Crippen LogP contribution in [-0.4, -0.2) is 28.6 Å². The molecule has 29 heavy (non-hydrogen) atoms. The van der Waals surface area contributed by atoms with Crippen LogP contribution in [0, 0.1) is 17.0 Å². The topological polar surface area (TPSA) is 119 Å². The molecule has 0 aliphatic carbocycles. The number of carbonyl (C=O) groups is 2. The SMILES string of the molecule is CCCCCCOC(=O)c1ccc(Nc2c(C)cc(C(=O)O)cc2[N+](=O)[O-])cc1. The second-order valence-corrected chi connectivity index (χ2v) is 6.65.